The zero-order valence-electron chi connectivity index (χ0n) is 11.7. The van der Waals surface area contributed by atoms with E-state index >= 15 is 0 Å². The lowest BCUT2D eigenvalue weighted by Crippen LogP contribution is -1.95. The van der Waals surface area contributed by atoms with Gasteiger partial charge in [0.15, 0.2) is 0 Å². The van der Waals surface area contributed by atoms with Gasteiger partial charge in [-0.3, -0.25) is 9.59 Å². The molecule has 0 aromatic heterocycles. The fourth-order valence-corrected chi connectivity index (χ4v) is 0.703. The number of carbonyl (C=O) groups is 2. The molecule has 0 fully saturated rings. The van der Waals surface area contributed by atoms with Crippen LogP contribution in [0.15, 0.2) is 0 Å². The van der Waals surface area contributed by atoms with Crippen molar-refractivity contribution in [3.8, 4) is 0 Å². The molecule has 2 N–H and O–H groups in total. The van der Waals surface area contributed by atoms with Crippen LogP contribution in [-0.2, 0) is 14.3 Å². The Balaban J connectivity index is -0.0000000727. The molecule has 0 atom stereocenters. The third-order valence-corrected chi connectivity index (χ3v) is 1.30. The molecule has 0 heterocycles. The minimum atomic E-state index is -0.250. The fourth-order valence-electron chi connectivity index (χ4n) is 0.703. The Bertz CT molecular complexity index is 122. The summed E-state index contributed by atoms with van der Waals surface area (Å²) in [5, 5.41) is 13.9. The van der Waals surface area contributed by atoms with Crippen LogP contribution in [0.2, 0.25) is 0 Å². The minimum absolute atomic E-state index is 0.211. The molecule has 0 rings (SSSR count). The van der Waals surface area contributed by atoms with Gasteiger partial charge < -0.3 is 14.9 Å². The van der Waals surface area contributed by atoms with Crippen molar-refractivity contribution >= 4 is 12.4 Å². The van der Waals surface area contributed by atoms with E-state index in [0.717, 1.165) is 7.11 Å². The highest BCUT2D eigenvalue weighted by atomic mass is 16.5. The number of hydrogen-bond acceptors (Lipinski definition) is 4. The lowest BCUT2D eigenvalue weighted by molar-refractivity contribution is -0.140. The number of hydrogen-bond donors (Lipinski definition) is 2. The molecule has 0 aliphatic heterocycles. The van der Waals surface area contributed by atoms with Crippen molar-refractivity contribution in [3.63, 3.8) is 0 Å². The Morgan fingerprint density at radius 2 is 1.41 bits per heavy atom. The molecule has 17 heavy (non-hydrogen) atoms. The van der Waals surface area contributed by atoms with Crippen molar-refractivity contribution < 1.29 is 24.5 Å². The second-order valence-electron chi connectivity index (χ2n) is 2.74. The van der Waals surface area contributed by atoms with Crippen LogP contribution in [0.25, 0.3) is 0 Å². The van der Waals surface area contributed by atoms with E-state index < -0.39 is 0 Å². The van der Waals surface area contributed by atoms with Crippen molar-refractivity contribution in [3.05, 3.63) is 0 Å². The topological polar surface area (TPSA) is 83.8 Å². The normalized spacial score (nSPS) is 6.94. The minimum Gasteiger partial charge on any atom is -0.483 e. The van der Waals surface area contributed by atoms with Gasteiger partial charge in [0.05, 0.1) is 6.61 Å². The second kappa shape index (κ2) is 36.3. The van der Waals surface area contributed by atoms with E-state index in [9.17, 15) is 4.79 Å². The quantitative estimate of drug-likeness (QED) is 0.456. The largest absolute Gasteiger partial charge is 0.483 e. The first-order valence-electron chi connectivity index (χ1n) is 5.76. The average Bonchev–Trinajstić information content (AvgIpc) is 2.31. The van der Waals surface area contributed by atoms with Gasteiger partial charge in [0.2, 0.25) is 0 Å². The maximum Gasteiger partial charge on any atom is 0.302 e. The van der Waals surface area contributed by atoms with Gasteiger partial charge in [0.25, 0.3) is 6.47 Å². The summed E-state index contributed by atoms with van der Waals surface area (Å²) in [5.41, 5.74) is 0. The van der Waals surface area contributed by atoms with Crippen molar-refractivity contribution in [1.29, 1.82) is 0 Å². The Labute approximate surface area is 105 Å². The van der Waals surface area contributed by atoms with Crippen molar-refractivity contribution in [2.75, 3.05) is 13.7 Å². The first-order chi connectivity index (χ1) is 8.10. The van der Waals surface area contributed by atoms with Gasteiger partial charge >= 0.3 is 5.97 Å². The van der Waals surface area contributed by atoms with Crippen molar-refractivity contribution in [1.82, 2.24) is 0 Å². The van der Waals surface area contributed by atoms with Crippen LogP contribution >= 0.6 is 0 Å². The molecule has 5 nitrogen and oxygen atoms in total. The smallest absolute Gasteiger partial charge is 0.302 e. The molecule has 0 bridgehead atoms. The summed E-state index contributed by atoms with van der Waals surface area (Å²) in [6, 6.07) is 0. The van der Waals surface area contributed by atoms with Crippen LogP contribution in [0.3, 0.4) is 0 Å². The predicted octanol–water partition coefficient (Wildman–Crippen LogP) is 2.47. The third kappa shape index (κ3) is 103. The van der Waals surface area contributed by atoms with Gasteiger partial charge in [-0.25, -0.2) is 0 Å². The molecule has 0 spiro atoms. The molecular weight excluding hydrogens is 224 g/mol. The number of esters is 1. The number of carbonyl (C=O) groups excluding carboxylic acids is 1. The number of carboxylic acid groups (broad SMARTS) is 1. The van der Waals surface area contributed by atoms with E-state index in [0.29, 0.717) is 6.61 Å². The van der Waals surface area contributed by atoms with Gasteiger partial charge in [-0.1, -0.05) is 39.5 Å². The monoisotopic (exact) mass is 252 g/mol. The summed E-state index contributed by atoms with van der Waals surface area (Å²) >= 11 is 0. The number of unbranched alkanes of at least 4 members (excludes halogenated alkanes) is 3. The Hall–Kier alpha value is -1.10. The molecule has 0 saturated heterocycles. The summed E-state index contributed by atoms with van der Waals surface area (Å²) in [4.78, 5) is 18.2. The van der Waals surface area contributed by atoms with Crippen LogP contribution in [-0.4, -0.2) is 36.4 Å². The highest BCUT2D eigenvalue weighted by Crippen LogP contribution is 1.95. The standard InChI is InChI=1S/C6H14.C4H8O2.CH2O2.CH4O/c1-3-5-6-4-2;1-3-6-4(2)5;2-1-3;1-2/h3-6H2,1-2H3;3H2,1-2H3;1H,(H,2,3);2H,1H3. The predicted molar refractivity (Wildman–Crippen MR) is 69.0 cm³/mol. The molecule has 0 unspecified atom stereocenters. The number of ether oxygens (including phenoxy) is 1. The number of aliphatic hydroxyl groups is 1. The highest BCUT2D eigenvalue weighted by molar-refractivity contribution is 5.65. The molecular formula is C12H28O5. The molecule has 0 aliphatic carbocycles. The summed E-state index contributed by atoms with van der Waals surface area (Å²) in [5.74, 6) is -0.211. The van der Waals surface area contributed by atoms with E-state index in [1.54, 1.807) is 6.92 Å². The zero-order valence-corrected chi connectivity index (χ0v) is 11.7. The summed E-state index contributed by atoms with van der Waals surface area (Å²) < 4.78 is 4.40. The van der Waals surface area contributed by atoms with E-state index in [1.807, 2.05) is 0 Å². The highest BCUT2D eigenvalue weighted by Gasteiger charge is 1.81. The van der Waals surface area contributed by atoms with Crippen LogP contribution in [0, 0.1) is 0 Å². The second-order valence-corrected chi connectivity index (χ2v) is 2.74. The van der Waals surface area contributed by atoms with Crippen molar-refractivity contribution in [2.45, 2.75) is 53.4 Å². The van der Waals surface area contributed by atoms with Gasteiger partial charge in [-0.15, -0.1) is 0 Å². The van der Waals surface area contributed by atoms with Crippen molar-refractivity contribution in [2.24, 2.45) is 0 Å². The van der Waals surface area contributed by atoms with Gasteiger partial charge in [-0.05, 0) is 6.92 Å². The first kappa shape index (κ1) is 24.9. The van der Waals surface area contributed by atoms with Crippen LogP contribution in [0.1, 0.15) is 53.4 Å². The fraction of sp³-hybridized carbons (Fsp3) is 0.833. The summed E-state index contributed by atoms with van der Waals surface area (Å²) in [7, 11) is 1.00. The molecule has 0 radical (unpaired) electrons. The van der Waals surface area contributed by atoms with E-state index in [-0.39, 0.29) is 12.4 Å². The lowest BCUT2D eigenvalue weighted by atomic mass is 10.2. The van der Waals surface area contributed by atoms with Crippen LogP contribution < -0.4 is 0 Å². The van der Waals surface area contributed by atoms with E-state index in [4.69, 9.17) is 15.0 Å². The number of aliphatic hydroxyl groups excluding tert-OH is 1. The Morgan fingerprint density at radius 1 is 1.12 bits per heavy atom. The maximum atomic E-state index is 9.82. The number of rotatable bonds is 4. The Kier molecular flexibility index (Phi) is 53.3. The summed E-state index contributed by atoms with van der Waals surface area (Å²) in [6.07, 6.45) is 5.54. The van der Waals surface area contributed by atoms with Crippen LogP contribution in [0.4, 0.5) is 0 Å². The van der Waals surface area contributed by atoms with Crippen LogP contribution in [0.5, 0.6) is 0 Å². The SMILES string of the molecule is CCCCCC.CCOC(C)=O.CO.O=CO. The van der Waals surface area contributed by atoms with Gasteiger partial charge in [0.1, 0.15) is 0 Å². The van der Waals surface area contributed by atoms with E-state index in [1.165, 1.54) is 32.6 Å². The first-order valence-corrected chi connectivity index (χ1v) is 5.76. The molecule has 0 aromatic carbocycles. The van der Waals surface area contributed by atoms with E-state index in [2.05, 4.69) is 18.6 Å². The third-order valence-electron chi connectivity index (χ3n) is 1.30. The lowest BCUT2D eigenvalue weighted by Gasteiger charge is -1.89. The Morgan fingerprint density at radius 3 is 1.47 bits per heavy atom. The molecule has 0 saturated carbocycles. The average molecular weight is 252 g/mol. The zero-order chi connectivity index (χ0) is 14.5. The molecule has 106 valence electrons. The van der Waals surface area contributed by atoms with Gasteiger partial charge in [0, 0.05) is 14.0 Å². The maximum absolute atomic E-state index is 9.82. The molecule has 0 aromatic rings. The molecule has 0 amide bonds. The van der Waals surface area contributed by atoms with Gasteiger partial charge in [-0.2, -0.15) is 0 Å². The molecule has 0 aliphatic rings. The molecule has 5 heteroatoms. The summed E-state index contributed by atoms with van der Waals surface area (Å²) in [6.45, 7) is 7.87.